The van der Waals surface area contributed by atoms with Crippen molar-refractivity contribution in [2.24, 2.45) is 0 Å². The summed E-state index contributed by atoms with van der Waals surface area (Å²) in [4.78, 5) is 46.0. The molecule has 0 aliphatic heterocycles. The number of carboxylic acid groups (broad SMARTS) is 2. The molecule has 4 aliphatic carbocycles. The Balaban J connectivity index is 1.78. The van der Waals surface area contributed by atoms with E-state index < -0.39 is 35.1 Å². The van der Waals surface area contributed by atoms with Crippen LogP contribution in [0, 0.1) is 0 Å². The van der Waals surface area contributed by atoms with Gasteiger partial charge in [0.2, 0.25) is 0 Å². The first-order valence-corrected chi connectivity index (χ1v) is 11.3. The molecule has 4 saturated carbocycles. The fourth-order valence-electron chi connectivity index (χ4n) is 5.43. The van der Waals surface area contributed by atoms with E-state index in [1.807, 2.05) is 0 Å². The van der Waals surface area contributed by atoms with E-state index in [9.17, 15) is 19.2 Å². The third kappa shape index (κ3) is 4.90. The van der Waals surface area contributed by atoms with Gasteiger partial charge in [-0.05, 0) is 6.42 Å². The summed E-state index contributed by atoms with van der Waals surface area (Å²) < 4.78 is 11.3. The molecule has 0 radical (unpaired) electrons. The normalized spacial score (nSPS) is 38.1. The Morgan fingerprint density at radius 2 is 1.00 bits per heavy atom. The standard InChI is InChI=1S/C18H22I2O8/c19-15-5-16(20)7-17(6-15,27-13(25)3-1-11(21)22)10-18(8-15,9-16)28-14(26)4-2-12(23)24/h1-10H2,(H,21,22)(H,23,24). The summed E-state index contributed by atoms with van der Waals surface area (Å²) in [5.41, 5.74) is -1.56. The molecule has 0 heterocycles. The fourth-order valence-corrected chi connectivity index (χ4v) is 10.4. The number of alkyl halides is 2. The van der Waals surface area contributed by atoms with Gasteiger partial charge in [-0.3, -0.25) is 19.2 Å². The molecule has 10 heteroatoms. The molecule has 4 aliphatic rings. The largest absolute Gasteiger partial charge is 0.481 e. The Morgan fingerprint density at radius 3 is 1.32 bits per heavy atom. The number of carbonyl (C=O) groups excluding carboxylic acids is 2. The number of hydrogen-bond donors (Lipinski definition) is 2. The van der Waals surface area contributed by atoms with Crippen molar-refractivity contribution in [1.82, 2.24) is 0 Å². The maximum Gasteiger partial charge on any atom is 0.306 e. The van der Waals surface area contributed by atoms with Crippen molar-refractivity contribution in [2.45, 2.75) is 82.3 Å². The number of carbonyl (C=O) groups is 4. The first kappa shape index (κ1) is 22.0. The first-order chi connectivity index (χ1) is 12.9. The van der Waals surface area contributed by atoms with Crippen molar-refractivity contribution in [3.05, 3.63) is 0 Å². The summed E-state index contributed by atoms with van der Waals surface area (Å²) in [5, 5.41) is 17.6. The Labute approximate surface area is 189 Å². The minimum Gasteiger partial charge on any atom is -0.481 e. The van der Waals surface area contributed by atoms with Gasteiger partial charge in [-0.15, -0.1) is 0 Å². The lowest BCUT2D eigenvalue weighted by Crippen LogP contribution is -2.70. The van der Waals surface area contributed by atoms with Crippen LogP contribution >= 0.6 is 45.2 Å². The highest BCUT2D eigenvalue weighted by atomic mass is 127. The van der Waals surface area contributed by atoms with Crippen LogP contribution in [-0.2, 0) is 28.7 Å². The molecule has 0 amide bonds. The summed E-state index contributed by atoms with van der Waals surface area (Å²) in [6, 6.07) is 0. The number of esters is 2. The van der Waals surface area contributed by atoms with Gasteiger partial charge in [0.25, 0.3) is 0 Å². The number of carboxylic acids is 2. The zero-order valence-electron chi connectivity index (χ0n) is 15.2. The van der Waals surface area contributed by atoms with Crippen molar-refractivity contribution in [3.8, 4) is 0 Å². The molecule has 0 atom stereocenters. The Bertz CT molecular complexity index is 648. The average Bonchev–Trinajstić information content (AvgIpc) is 2.46. The second-order valence-electron chi connectivity index (χ2n) is 8.46. The van der Waals surface area contributed by atoms with Crippen molar-refractivity contribution in [1.29, 1.82) is 0 Å². The SMILES string of the molecule is O=C(O)CCC(=O)OC12CC3(I)CC(I)(C1)CC(OC(=O)CCC(=O)O)(C3)C2. The van der Waals surface area contributed by atoms with Crippen molar-refractivity contribution in [2.75, 3.05) is 0 Å². The third-order valence-corrected chi connectivity index (χ3v) is 7.87. The van der Waals surface area contributed by atoms with Crippen molar-refractivity contribution >= 4 is 69.1 Å². The Morgan fingerprint density at radius 1 is 0.643 bits per heavy atom. The molecule has 8 nitrogen and oxygen atoms in total. The zero-order valence-corrected chi connectivity index (χ0v) is 19.5. The smallest absolute Gasteiger partial charge is 0.306 e. The molecule has 2 N–H and O–H groups in total. The lowest BCUT2D eigenvalue weighted by Gasteiger charge is -2.66. The van der Waals surface area contributed by atoms with Crippen LogP contribution in [0.25, 0.3) is 0 Å². The number of ether oxygens (including phenoxy) is 2. The first-order valence-electron chi connectivity index (χ1n) is 9.12. The van der Waals surface area contributed by atoms with Gasteiger partial charge in [0.1, 0.15) is 11.2 Å². The van der Waals surface area contributed by atoms with Gasteiger partial charge in [-0.1, -0.05) is 45.2 Å². The van der Waals surface area contributed by atoms with E-state index in [-0.39, 0.29) is 32.5 Å². The van der Waals surface area contributed by atoms with Crippen LogP contribution in [0.2, 0.25) is 0 Å². The van der Waals surface area contributed by atoms with Gasteiger partial charge in [0.15, 0.2) is 0 Å². The van der Waals surface area contributed by atoms with Crippen molar-refractivity contribution in [3.63, 3.8) is 0 Å². The molecule has 0 aromatic carbocycles. The van der Waals surface area contributed by atoms with Gasteiger partial charge < -0.3 is 19.7 Å². The van der Waals surface area contributed by atoms with Gasteiger partial charge in [-0.2, -0.15) is 0 Å². The molecule has 4 rings (SSSR count). The molecule has 0 spiro atoms. The fraction of sp³-hybridized carbons (Fsp3) is 0.778. The zero-order chi connectivity index (χ0) is 20.8. The molecule has 0 saturated heterocycles. The number of hydrogen-bond acceptors (Lipinski definition) is 6. The predicted octanol–water partition coefficient (Wildman–Crippen LogP) is 3.01. The monoisotopic (exact) mass is 620 g/mol. The van der Waals surface area contributed by atoms with Crippen LogP contribution in [0.1, 0.15) is 64.2 Å². The molecule has 0 aromatic heterocycles. The van der Waals surface area contributed by atoms with Crippen LogP contribution in [0.4, 0.5) is 0 Å². The molecule has 4 fully saturated rings. The van der Waals surface area contributed by atoms with Crippen LogP contribution in [-0.4, -0.2) is 52.1 Å². The summed E-state index contributed by atoms with van der Waals surface area (Å²) in [7, 11) is 0. The van der Waals surface area contributed by atoms with E-state index in [1.165, 1.54) is 0 Å². The Hall–Kier alpha value is -0.660. The molecule has 0 aromatic rings. The Kier molecular flexibility index (Phi) is 5.94. The van der Waals surface area contributed by atoms with Gasteiger partial charge in [0.05, 0.1) is 25.7 Å². The van der Waals surface area contributed by atoms with Crippen LogP contribution in [0.5, 0.6) is 0 Å². The van der Waals surface area contributed by atoms with E-state index in [4.69, 9.17) is 19.7 Å². The topological polar surface area (TPSA) is 127 Å². The van der Waals surface area contributed by atoms with E-state index in [2.05, 4.69) is 45.2 Å². The lowest BCUT2D eigenvalue weighted by molar-refractivity contribution is -0.218. The summed E-state index contributed by atoms with van der Waals surface area (Å²) >= 11 is 4.76. The van der Waals surface area contributed by atoms with Crippen LogP contribution in [0.3, 0.4) is 0 Å². The van der Waals surface area contributed by atoms with Gasteiger partial charge in [0, 0.05) is 38.9 Å². The summed E-state index contributed by atoms with van der Waals surface area (Å²) in [6.07, 6.45) is 2.96. The minimum absolute atomic E-state index is 0.187. The van der Waals surface area contributed by atoms with E-state index in [0.717, 1.165) is 6.42 Å². The summed E-state index contributed by atoms with van der Waals surface area (Å²) in [6.45, 7) is 0. The average molecular weight is 620 g/mol. The second-order valence-corrected chi connectivity index (χ2v) is 13.0. The highest BCUT2D eigenvalue weighted by Crippen LogP contribution is 2.68. The number of rotatable bonds is 8. The molecular weight excluding hydrogens is 598 g/mol. The van der Waals surface area contributed by atoms with Crippen molar-refractivity contribution < 1.29 is 38.9 Å². The number of aliphatic carboxylic acids is 2. The molecule has 0 unspecified atom stereocenters. The van der Waals surface area contributed by atoms with E-state index in [1.54, 1.807) is 0 Å². The van der Waals surface area contributed by atoms with E-state index >= 15 is 0 Å². The van der Waals surface area contributed by atoms with E-state index in [0.29, 0.717) is 32.1 Å². The van der Waals surface area contributed by atoms with Gasteiger partial charge >= 0.3 is 23.9 Å². The van der Waals surface area contributed by atoms with Crippen LogP contribution < -0.4 is 0 Å². The molecular formula is C18H22I2O8. The molecule has 4 bridgehead atoms. The maximum absolute atomic E-state index is 12.3. The van der Waals surface area contributed by atoms with Crippen LogP contribution in [0.15, 0.2) is 0 Å². The van der Waals surface area contributed by atoms with Gasteiger partial charge in [-0.25, -0.2) is 0 Å². The predicted molar refractivity (Wildman–Crippen MR) is 113 cm³/mol. The second kappa shape index (κ2) is 7.55. The molecule has 156 valence electrons. The minimum atomic E-state index is -1.05. The maximum atomic E-state index is 12.3. The highest BCUT2D eigenvalue weighted by molar-refractivity contribution is 14.1. The number of halogens is 2. The summed E-state index contributed by atoms with van der Waals surface area (Å²) in [5.74, 6) is -3.20. The highest BCUT2D eigenvalue weighted by Gasteiger charge is 2.70. The third-order valence-electron chi connectivity index (χ3n) is 5.58. The quantitative estimate of drug-likeness (QED) is 0.241. The lowest BCUT2D eigenvalue weighted by atomic mass is 9.52. The molecule has 28 heavy (non-hydrogen) atoms.